The van der Waals surface area contributed by atoms with Gasteiger partial charge in [-0.25, -0.2) is 0 Å². The van der Waals surface area contributed by atoms with E-state index in [0.29, 0.717) is 5.75 Å². The quantitative estimate of drug-likeness (QED) is 0.381. The van der Waals surface area contributed by atoms with Gasteiger partial charge in [-0.05, 0) is 12.2 Å². The second kappa shape index (κ2) is 7.18. The SMILES string of the molecule is C=CCCSC[C@H](N)C(=O)OC. The van der Waals surface area contributed by atoms with Gasteiger partial charge in [0, 0.05) is 5.75 Å². The summed E-state index contributed by atoms with van der Waals surface area (Å²) in [5, 5.41) is 0. The zero-order valence-electron chi connectivity index (χ0n) is 7.29. The number of esters is 1. The molecule has 0 heterocycles. The molecule has 0 spiro atoms. The van der Waals surface area contributed by atoms with Gasteiger partial charge in [0.15, 0.2) is 0 Å². The Hall–Kier alpha value is -0.480. The predicted molar refractivity (Wildman–Crippen MR) is 52.1 cm³/mol. The standard InChI is InChI=1S/C8H15NO2S/c1-3-4-5-12-6-7(9)8(10)11-2/h3,7H,1,4-6,9H2,2H3/t7-/m0/s1. The summed E-state index contributed by atoms with van der Waals surface area (Å²) in [4.78, 5) is 10.8. The predicted octanol–water partition coefficient (Wildman–Crippen LogP) is 0.796. The fourth-order valence-electron chi connectivity index (χ4n) is 0.596. The molecule has 0 aliphatic heterocycles. The van der Waals surface area contributed by atoms with Crippen molar-refractivity contribution in [1.29, 1.82) is 0 Å². The van der Waals surface area contributed by atoms with Crippen molar-refractivity contribution in [2.24, 2.45) is 5.73 Å². The molecule has 0 aliphatic rings. The molecule has 0 aromatic heterocycles. The highest BCUT2D eigenvalue weighted by Gasteiger charge is 2.12. The van der Waals surface area contributed by atoms with Gasteiger partial charge in [-0.15, -0.1) is 6.58 Å². The highest BCUT2D eigenvalue weighted by Crippen LogP contribution is 2.04. The molecule has 70 valence electrons. The van der Waals surface area contributed by atoms with Crippen LogP contribution in [0.1, 0.15) is 6.42 Å². The first kappa shape index (κ1) is 11.5. The van der Waals surface area contributed by atoms with E-state index in [1.165, 1.54) is 7.11 Å². The van der Waals surface area contributed by atoms with E-state index in [1.54, 1.807) is 11.8 Å². The first-order valence-corrected chi connectivity index (χ1v) is 4.90. The minimum absolute atomic E-state index is 0.346. The maximum atomic E-state index is 10.8. The molecule has 0 rings (SSSR count). The monoisotopic (exact) mass is 189 g/mol. The van der Waals surface area contributed by atoms with Crippen molar-refractivity contribution in [3.05, 3.63) is 12.7 Å². The average molecular weight is 189 g/mol. The minimum atomic E-state index is -0.496. The van der Waals surface area contributed by atoms with Crippen LogP contribution in [0.2, 0.25) is 0 Å². The maximum Gasteiger partial charge on any atom is 0.323 e. The molecule has 0 unspecified atom stereocenters. The van der Waals surface area contributed by atoms with Crippen molar-refractivity contribution in [2.45, 2.75) is 12.5 Å². The molecule has 12 heavy (non-hydrogen) atoms. The summed E-state index contributed by atoms with van der Waals surface area (Å²) >= 11 is 1.63. The van der Waals surface area contributed by atoms with Gasteiger partial charge < -0.3 is 10.5 Å². The summed E-state index contributed by atoms with van der Waals surface area (Å²) in [6.45, 7) is 3.59. The lowest BCUT2D eigenvalue weighted by Gasteiger charge is -2.07. The molecule has 0 aliphatic carbocycles. The fourth-order valence-corrected chi connectivity index (χ4v) is 1.49. The van der Waals surface area contributed by atoms with Crippen LogP contribution in [0.3, 0.4) is 0 Å². The Morgan fingerprint density at radius 3 is 3.00 bits per heavy atom. The largest absolute Gasteiger partial charge is 0.468 e. The summed E-state index contributed by atoms with van der Waals surface area (Å²) in [6.07, 6.45) is 2.79. The highest BCUT2D eigenvalue weighted by molar-refractivity contribution is 7.99. The molecule has 0 aromatic carbocycles. The van der Waals surface area contributed by atoms with Crippen molar-refractivity contribution < 1.29 is 9.53 Å². The van der Waals surface area contributed by atoms with Crippen LogP contribution in [0.15, 0.2) is 12.7 Å². The van der Waals surface area contributed by atoms with Gasteiger partial charge in [0.2, 0.25) is 0 Å². The molecule has 0 aromatic rings. The summed E-state index contributed by atoms with van der Waals surface area (Å²) in [7, 11) is 1.34. The van der Waals surface area contributed by atoms with E-state index in [-0.39, 0.29) is 5.97 Å². The minimum Gasteiger partial charge on any atom is -0.468 e. The van der Waals surface area contributed by atoms with E-state index in [0.717, 1.165) is 12.2 Å². The van der Waals surface area contributed by atoms with E-state index in [2.05, 4.69) is 11.3 Å². The number of nitrogens with two attached hydrogens (primary N) is 1. The third-order valence-corrected chi connectivity index (χ3v) is 2.39. The van der Waals surface area contributed by atoms with Gasteiger partial charge in [0.25, 0.3) is 0 Å². The summed E-state index contributed by atoms with van der Waals surface area (Å²) in [5.41, 5.74) is 5.49. The molecule has 1 atom stereocenters. The Morgan fingerprint density at radius 2 is 2.50 bits per heavy atom. The molecule has 0 fully saturated rings. The van der Waals surface area contributed by atoms with E-state index in [4.69, 9.17) is 5.73 Å². The van der Waals surface area contributed by atoms with Gasteiger partial charge in [-0.1, -0.05) is 6.08 Å². The zero-order valence-corrected chi connectivity index (χ0v) is 8.10. The molecule has 0 saturated heterocycles. The van der Waals surface area contributed by atoms with E-state index in [9.17, 15) is 4.79 Å². The zero-order chi connectivity index (χ0) is 9.40. The second-order valence-corrected chi connectivity index (χ2v) is 3.43. The van der Waals surface area contributed by atoms with Gasteiger partial charge in [-0.2, -0.15) is 11.8 Å². The van der Waals surface area contributed by atoms with E-state index < -0.39 is 6.04 Å². The fraction of sp³-hybridized carbons (Fsp3) is 0.625. The molecular formula is C8H15NO2S. The van der Waals surface area contributed by atoms with Crippen LogP contribution in [0.5, 0.6) is 0 Å². The van der Waals surface area contributed by atoms with Crippen LogP contribution < -0.4 is 5.73 Å². The Morgan fingerprint density at radius 1 is 1.83 bits per heavy atom. The molecule has 0 saturated carbocycles. The summed E-state index contributed by atoms with van der Waals surface area (Å²) in [6, 6.07) is -0.496. The Kier molecular flexibility index (Phi) is 6.90. The van der Waals surface area contributed by atoms with Crippen molar-refractivity contribution in [3.63, 3.8) is 0 Å². The molecule has 3 nitrogen and oxygen atoms in total. The highest BCUT2D eigenvalue weighted by atomic mass is 32.2. The topological polar surface area (TPSA) is 52.3 Å². The number of hydrogen-bond donors (Lipinski definition) is 1. The lowest BCUT2D eigenvalue weighted by molar-refractivity contribution is -0.141. The molecule has 0 radical (unpaired) electrons. The van der Waals surface area contributed by atoms with Crippen LogP contribution in [0, 0.1) is 0 Å². The number of rotatable bonds is 6. The van der Waals surface area contributed by atoms with Gasteiger partial charge in [0.1, 0.15) is 6.04 Å². The van der Waals surface area contributed by atoms with Crippen molar-refractivity contribution in [3.8, 4) is 0 Å². The van der Waals surface area contributed by atoms with Crippen LogP contribution in [-0.4, -0.2) is 30.6 Å². The molecular weight excluding hydrogens is 174 g/mol. The molecule has 2 N–H and O–H groups in total. The van der Waals surface area contributed by atoms with Crippen LogP contribution >= 0.6 is 11.8 Å². The number of hydrogen-bond acceptors (Lipinski definition) is 4. The lowest BCUT2D eigenvalue weighted by atomic mass is 10.4. The average Bonchev–Trinajstić information content (AvgIpc) is 2.10. The maximum absolute atomic E-state index is 10.8. The first-order chi connectivity index (χ1) is 5.72. The number of thioether (sulfide) groups is 1. The number of ether oxygens (including phenoxy) is 1. The van der Waals surface area contributed by atoms with Crippen LogP contribution in [-0.2, 0) is 9.53 Å². The summed E-state index contributed by atoms with van der Waals surface area (Å²) < 4.78 is 4.47. The van der Waals surface area contributed by atoms with Crippen LogP contribution in [0.4, 0.5) is 0 Å². The Balaban J connectivity index is 3.36. The van der Waals surface area contributed by atoms with E-state index in [1.807, 2.05) is 6.08 Å². The molecule has 4 heteroatoms. The Bertz CT molecular complexity index is 150. The third-order valence-electron chi connectivity index (χ3n) is 1.27. The second-order valence-electron chi connectivity index (χ2n) is 2.28. The smallest absolute Gasteiger partial charge is 0.323 e. The summed E-state index contributed by atoms with van der Waals surface area (Å²) in [5.74, 6) is 1.22. The van der Waals surface area contributed by atoms with Crippen LogP contribution in [0.25, 0.3) is 0 Å². The van der Waals surface area contributed by atoms with Gasteiger partial charge >= 0.3 is 5.97 Å². The lowest BCUT2D eigenvalue weighted by Crippen LogP contribution is -2.33. The third kappa shape index (κ3) is 5.21. The Labute approximate surface area is 77.3 Å². The first-order valence-electron chi connectivity index (χ1n) is 3.74. The van der Waals surface area contributed by atoms with E-state index >= 15 is 0 Å². The number of carbonyl (C=O) groups excluding carboxylic acids is 1. The van der Waals surface area contributed by atoms with Gasteiger partial charge in [-0.3, -0.25) is 4.79 Å². The van der Waals surface area contributed by atoms with Crippen molar-refractivity contribution in [2.75, 3.05) is 18.6 Å². The molecule has 0 bridgehead atoms. The van der Waals surface area contributed by atoms with Gasteiger partial charge in [0.05, 0.1) is 7.11 Å². The molecule has 0 amide bonds. The number of allylic oxidation sites excluding steroid dienone is 1. The number of carbonyl (C=O) groups is 1. The van der Waals surface area contributed by atoms with Crippen molar-refractivity contribution >= 4 is 17.7 Å². The van der Waals surface area contributed by atoms with Crippen molar-refractivity contribution in [1.82, 2.24) is 0 Å². The number of methoxy groups -OCH3 is 1. The normalized spacial score (nSPS) is 12.2.